The molecule has 0 aromatic heterocycles. The van der Waals surface area contributed by atoms with E-state index in [-0.39, 0.29) is 5.91 Å². The van der Waals surface area contributed by atoms with Crippen LogP contribution in [0, 0.1) is 0 Å². The smallest absolute Gasteiger partial charge is 0.238 e. The number of hydrogen-bond acceptors (Lipinski definition) is 4. The lowest BCUT2D eigenvalue weighted by atomic mass is 10.2. The Balaban J connectivity index is 1.32. The molecule has 1 aliphatic heterocycles. The Kier molecular flexibility index (Phi) is 6.95. The molecule has 4 rings (SSSR count). The Morgan fingerprint density at radius 1 is 0.867 bits per heavy atom. The van der Waals surface area contributed by atoms with Crippen LogP contribution in [0.3, 0.4) is 0 Å². The molecular formula is C24H24ClN3OS. The minimum absolute atomic E-state index is 0.0207. The maximum atomic E-state index is 12.7. The van der Waals surface area contributed by atoms with Gasteiger partial charge in [-0.05, 0) is 48.5 Å². The summed E-state index contributed by atoms with van der Waals surface area (Å²) in [6, 6.07) is 26.1. The molecule has 0 bridgehead atoms. The third-order valence-electron chi connectivity index (χ3n) is 5.06. The lowest BCUT2D eigenvalue weighted by Crippen LogP contribution is -2.48. The molecule has 0 atom stereocenters. The van der Waals surface area contributed by atoms with Gasteiger partial charge in [0, 0.05) is 46.7 Å². The van der Waals surface area contributed by atoms with Gasteiger partial charge >= 0.3 is 0 Å². The molecule has 1 amide bonds. The molecule has 1 saturated heterocycles. The monoisotopic (exact) mass is 437 g/mol. The maximum Gasteiger partial charge on any atom is 0.238 e. The normalized spacial score (nSPS) is 14.5. The highest BCUT2D eigenvalue weighted by atomic mass is 35.5. The summed E-state index contributed by atoms with van der Waals surface area (Å²) in [6.07, 6.45) is 0. The zero-order chi connectivity index (χ0) is 20.8. The highest BCUT2D eigenvalue weighted by Crippen LogP contribution is 2.33. The van der Waals surface area contributed by atoms with Crippen LogP contribution < -0.4 is 10.2 Å². The number of para-hydroxylation sites is 2. The van der Waals surface area contributed by atoms with Crippen molar-refractivity contribution < 1.29 is 4.79 Å². The molecule has 1 N–H and O–H groups in total. The van der Waals surface area contributed by atoms with Gasteiger partial charge in [-0.25, -0.2) is 0 Å². The van der Waals surface area contributed by atoms with E-state index >= 15 is 0 Å². The number of piperazine rings is 1. The fourth-order valence-corrected chi connectivity index (χ4v) is 4.51. The summed E-state index contributed by atoms with van der Waals surface area (Å²) in [4.78, 5) is 19.4. The largest absolute Gasteiger partial charge is 0.369 e. The van der Waals surface area contributed by atoms with Crippen molar-refractivity contribution in [3.05, 3.63) is 83.9 Å². The van der Waals surface area contributed by atoms with Gasteiger partial charge in [-0.3, -0.25) is 9.69 Å². The first-order valence-electron chi connectivity index (χ1n) is 10.0. The van der Waals surface area contributed by atoms with Crippen molar-refractivity contribution in [2.24, 2.45) is 0 Å². The predicted molar refractivity (Wildman–Crippen MR) is 126 cm³/mol. The molecule has 3 aromatic rings. The van der Waals surface area contributed by atoms with E-state index in [1.165, 1.54) is 5.69 Å². The number of benzene rings is 3. The van der Waals surface area contributed by atoms with Crippen LogP contribution in [0.15, 0.2) is 88.7 Å². The van der Waals surface area contributed by atoms with Crippen molar-refractivity contribution >= 4 is 40.6 Å². The Labute approximate surface area is 186 Å². The molecule has 154 valence electrons. The van der Waals surface area contributed by atoms with E-state index in [2.05, 4.69) is 39.4 Å². The average molecular weight is 438 g/mol. The van der Waals surface area contributed by atoms with E-state index in [1.54, 1.807) is 11.8 Å². The van der Waals surface area contributed by atoms with Gasteiger partial charge in [0.2, 0.25) is 5.91 Å². The number of hydrogen-bond donors (Lipinski definition) is 1. The lowest BCUT2D eigenvalue weighted by Gasteiger charge is -2.35. The van der Waals surface area contributed by atoms with E-state index in [1.807, 2.05) is 54.6 Å². The lowest BCUT2D eigenvalue weighted by molar-refractivity contribution is -0.117. The fraction of sp³-hybridized carbons (Fsp3) is 0.208. The SMILES string of the molecule is O=C(CN1CCN(c2ccccc2)CC1)Nc1ccccc1Sc1ccc(Cl)cc1. The van der Waals surface area contributed by atoms with Crippen molar-refractivity contribution in [2.45, 2.75) is 9.79 Å². The third kappa shape index (κ3) is 5.57. The summed E-state index contributed by atoms with van der Waals surface area (Å²) in [5, 5.41) is 3.81. The number of anilines is 2. The first-order chi connectivity index (χ1) is 14.7. The topological polar surface area (TPSA) is 35.6 Å². The molecule has 4 nitrogen and oxygen atoms in total. The zero-order valence-electron chi connectivity index (χ0n) is 16.6. The second-order valence-electron chi connectivity index (χ2n) is 7.20. The molecule has 0 unspecified atom stereocenters. The highest BCUT2D eigenvalue weighted by Gasteiger charge is 2.19. The van der Waals surface area contributed by atoms with Crippen molar-refractivity contribution in [3.63, 3.8) is 0 Å². The molecule has 1 heterocycles. The molecule has 0 spiro atoms. The summed E-state index contributed by atoms with van der Waals surface area (Å²) in [5.41, 5.74) is 2.08. The van der Waals surface area contributed by atoms with Crippen LogP contribution in [0.5, 0.6) is 0 Å². The predicted octanol–water partition coefficient (Wildman–Crippen LogP) is 5.25. The number of rotatable bonds is 6. The van der Waals surface area contributed by atoms with Crippen LogP contribution in [0.4, 0.5) is 11.4 Å². The number of carbonyl (C=O) groups excluding carboxylic acids is 1. The van der Waals surface area contributed by atoms with Crippen molar-refractivity contribution in [1.82, 2.24) is 4.90 Å². The molecule has 3 aromatic carbocycles. The molecule has 30 heavy (non-hydrogen) atoms. The van der Waals surface area contributed by atoms with E-state index in [0.29, 0.717) is 11.6 Å². The van der Waals surface area contributed by atoms with Gasteiger partial charge < -0.3 is 10.2 Å². The number of amides is 1. The second-order valence-corrected chi connectivity index (χ2v) is 8.75. The molecular weight excluding hydrogens is 414 g/mol. The summed E-state index contributed by atoms with van der Waals surface area (Å²) in [7, 11) is 0. The van der Waals surface area contributed by atoms with Crippen LogP contribution >= 0.6 is 23.4 Å². The van der Waals surface area contributed by atoms with E-state index in [0.717, 1.165) is 41.7 Å². The van der Waals surface area contributed by atoms with Crippen LogP contribution in [-0.4, -0.2) is 43.5 Å². The van der Waals surface area contributed by atoms with Crippen LogP contribution in [0.2, 0.25) is 5.02 Å². The third-order valence-corrected chi connectivity index (χ3v) is 6.40. The number of carbonyl (C=O) groups is 1. The molecule has 0 aliphatic carbocycles. The number of halogens is 1. The molecule has 6 heteroatoms. The minimum atomic E-state index is 0.0207. The second kappa shape index (κ2) is 10.0. The average Bonchev–Trinajstić information content (AvgIpc) is 2.78. The first-order valence-corrected chi connectivity index (χ1v) is 11.2. The van der Waals surface area contributed by atoms with Gasteiger partial charge in [0.15, 0.2) is 0 Å². The molecule has 1 fully saturated rings. The van der Waals surface area contributed by atoms with E-state index in [9.17, 15) is 4.79 Å². The van der Waals surface area contributed by atoms with Crippen LogP contribution in [0.1, 0.15) is 0 Å². The Bertz CT molecular complexity index is 973. The van der Waals surface area contributed by atoms with E-state index in [4.69, 9.17) is 11.6 Å². The Hall–Kier alpha value is -2.47. The van der Waals surface area contributed by atoms with Gasteiger partial charge in [-0.2, -0.15) is 0 Å². The van der Waals surface area contributed by atoms with Crippen molar-refractivity contribution in [3.8, 4) is 0 Å². The minimum Gasteiger partial charge on any atom is -0.369 e. The summed E-state index contributed by atoms with van der Waals surface area (Å²) >= 11 is 7.59. The van der Waals surface area contributed by atoms with Crippen LogP contribution in [-0.2, 0) is 4.79 Å². The van der Waals surface area contributed by atoms with Gasteiger partial charge in [0.1, 0.15) is 0 Å². The van der Waals surface area contributed by atoms with Crippen molar-refractivity contribution in [1.29, 1.82) is 0 Å². The van der Waals surface area contributed by atoms with Gasteiger partial charge in [-0.15, -0.1) is 0 Å². The summed E-state index contributed by atoms with van der Waals surface area (Å²) < 4.78 is 0. The van der Waals surface area contributed by atoms with Crippen LogP contribution in [0.25, 0.3) is 0 Å². The van der Waals surface area contributed by atoms with Gasteiger partial charge in [0.25, 0.3) is 0 Å². The number of nitrogens with zero attached hydrogens (tertiary/aromatic N) is 2. The molecule has 1 aliphatic rings. The fourth-order valence-electron chi connectivity index (χ4n) is 3.48. The van der Waals surface area contributed by atoms with Gasteiger partial charge in [-0.1, -0.05) is 53.7 Å². The van der Waals surface area contributed by atoms with E-state index < -0.39 is 0 Å². The Morgan fingerprint density at radius 2 is 1.53 bits per heavy atom. The highest BCUT2D eigenvalue weighted by molar-refractivity contribution is 7.99. The number of nitrogens with one attached hydrogen (secondary N) is 1. The van der Waals surface area contributed by atoms with Crippen molar-refractivity contribution in [2.75, 3.05) is 42.9 Å². The zero-order valence-corrected chi connectivity index (χ0v) is 18.2. The van der Waals surface area contributed by atoms with Gasteiger partial charge in [0.05, 0.1) is 12.2 Å². The first kappa shape index (κ1) is 20.8. The summed E-state index contributed by atoms with van der Waals surface area (Å²) in [5.74, 6) is 0.0207. The summed E-state index contributed by atoms with van der Waals surface area (Å²) in [6.45, 7) is 4.02. The molecule has 0 radical (unpaired) electrons. The Morgan fingerprint density at radius 3 is 2.27 bits per heavy atom. The maximum absolute atomic E-state index is 12.7. The quantitative estimate of drug-likeness (QED) is 0.571. The standard InChI is InChI=1S/C24H24ClN3OS/c25-19-10-12-21(13-11-19)30-23-9-5-4-8-22(23)26-24(29)18-27-14-16-28(17-15-27)20-6-2-1-3-7-20/h1-13H,14-18H2,(H,26,29). The molecule has 0 saturated carbocycles.